The van der Waals surface area contributed by atoms with E-state index >= 15 is 0 Å². The largest absolute Gasteiger partial charge is 0.472 e. The summed E-state index contributed by atoms with van der Waals surface area (Å²) in [5, 5.41) is 12.0. The maximum Gasteiger partial charge on any atom is 0.472 e. The molecule has 10 heteroatoms. The van der Waals surface area contributed by atoms with Gasteiger partial charge in [-0.2, -0.15) is 0 Å². The molecule has 0 aromatic rings. The highest BCUT2D eigenvalue weighted by atomic mass is 31.2. The van der Waals surface area contributed by atoms with Crippen molar-refractivity contribution < 1.29 is 37.9 Å². The van der Waals surface area contributed by atoms with E-state index in [9.17, 15) is 24.2 Å². The maximum atomic E-state index is 11.5. The molecule has 0 aromatic carbocycles. The van der Waals surface area contributed by atoms with Gasteiger partial charge in [0.25, 0.3) is 0 Å². The maximum absolute atomic E-state index is 11.5. The molecule has 0 bridgehead atoms. The highest BCUT2D eigenvalue weighted by Gasteiger charge is 2.23. The van der Waals surface area contributed by atoms with Crippen molar-refractivity contribution in [2.24, 2.45) is 0 Å². The van der Waals surface area contributed by atoms with Crippen LogP contribution in [0, 0.1) is 0 Å². The first-order valence-electron chi connectivity index (χ1n) is 7.53. The molecule has 0 saturated heterocycles. The van der Waals surface area contributed by atoms with Crippen molar-refractivity contribution in [3.63, 3.8) is 0 Å². The number of rotatable bonds is 13. The predicted octanol–water partition coefficient (Wildman–Crippen LogP) is 0.740. The van der Waals surface area contributed by atoms with E-state index in [0.29, 0.717) is 6.42 Å². The Morgan fingerprint density at radius 1 is 1.22 bits per heavy atom. The van der Waals surface area contributed by atoms with Crippen molar-refractivity contribution in [2.45, 2.75) is 45.6 Å². The highest BCUT2D eigenvalue weighted by molar-refractivity contribution is 7.47. The molecule has 3 N–H and O–H groups in total. The number of nitrogens with one attached hydrogen (secondary N) is 1. The fourth-order valence-corrected chi connectivity index (χ4v) is 2.09. The van der Waals surface area contributed by atoms with E-state index in [0.717, 1.165) is 12.8 Å². The van der Waals surface area contributed by atoms with Crippen LogP contribution in [0.1, 0.15) is 39.5 Å². The average molecular weight is 355 g/mol. The number of phosphoric acid groups is 1. The fraction of sp³-hybridized carbons (Fsp3) is 0.846. The van der Waals surface area contributed by atoms with Gasteiger partial charge in [-0.25, -0.2) is 4.57 Å². The first kappa shape index (κ1) is 22.0. The second-order valence-electron chi connectivity index (χ2n) is 4.74. The number of esters is 1. The van der Waals surface area contributed by atoms with Gasteiger partial charge in [0, 0.05) is 19.4 Å². The SMILES string of the molecule is CCCCC(=O)NCCOP(=O)(O)OCC(O)COC(=O)CC. The molecular formula is C13H26NO8P. The third-order valence-electron chi connectivity index (χ3n) is 2.59. The second kappa shape index (κ2) is 12.4. The van der Waals surface area contributed by atoms with Crippen LogP contribution in [0.3, 0.4) is 0 Å². The Morgan fingerprint density at radius 3 is 2.52 bits per heavy atom. The molecule has 0 aliphatic heterocycles. The lowest BCUT2D eigenvalue weighted by atomic mass is 10.2. The Labute approximate surface area is 135 Å². The fourth-order valence-electron chi connectivity index (χ4n) is 1.33. The minimum absolute atomic E-state index is 0.0765. The summed E-state index contributed by atoms with van der Waals surface area (Å²) in [5.74, 6) is -0.649. The number of aliphatic hydroxyl groups excluding tert-OH is 1. The Kier molecular flexibility index (Phi) is 11.9. The third-order valence-corrected chi connectivity index (χ3v) is 3.58. The minimum atomic E-state index is -4.33. The zero-order chi connectivity index (χ0) is 17.7. The van der Waals surface area contributed by atoms with Crippen LogP contribution in [0.4, 0.5) is 0 Å². The molecule has 23 heavy (non-hydrogen) atoms. The molecule has 2 unspecified atom stereocenters. The molecule has 0 radical (unpaired) electrons. The smallest absolute Gasteiger partial charge is 0.463 e. The monoisotopic (exact) mass is 355 g/mol. The van der Waals surface area contributed by atoms with E-state index in [1.54, 1.807) is 6.92 Å². The van der Waals surface area contributed by atoms with E-state index in [2.05, 4.69) is 19.1 Å². The molecular weight excluding hydrogens is 329 g/mol. The van der Waals surface area contributed by atoms with Crippen molar-refractivity contribution >= 4 is 19.7 Å². The number of carbonyl (C=O) groups is 2. The average Bonchev–Trinajstić information content (AvgIpc) is 2.52. The summed E-state index contributed by atoms with van der Waals surface area (Å²) in [4.78, 5) is 31.5. The molecule has 0 fully saturated rings. The Balaban J connectivity index is 3.81. The van der Waals surface area contributed by atoms with Crippen molar-refractivity contribution in [2.75, 3.05) is 26.4 Å². The molecule has 0 spiro atoms. The molecule has 136 valence electrons. The van der Waals surface area contributed by atoms with Crippen LogP contribution in [0.5, 0.6) is 0 Å². The Bertz CT molecular complexity index is 403. The lowest BCUT2D eigenvalue weighted by Crippen LogP contribution is -2.27. The number of unbranched alkanes of at least 4 members (excludes halogenated alkanes) is 1. The van der Waals surface area contributed by atoms with Crippen molar-refractivity contribution in [3.05, 3.63) is 0 Å². The number of hydrogen-bond donors (Lipinski definition) is 3. The molecule has 1 amide bonds. The van der Waals surface area contributed by atoms with Crippen LogP contribution in [0.25, 0.3) is 0 Å². The summed E-state index contributed by atoms with van der Waals surface area (Å²) in [6.45, 7) is 2.59. The Morgan fingerprint density at radius 2 is 1.91 bits per heavy atom. The topological polar surface area (TPSA) is 131 Å². The standard InChI is InChI=1S/C13H26NO8P/c1-3-5-6-12(16)14-7-8-21-23(18,19)22-10-11(15)9-20-13(17)4-2/h11,15H,3-10H2,1-2H3,(H,14,16)(H,18,19). The van der Waals surface area contributed by atoms with E-state index < -0.39 is 26.5 Å². The van der Waals surface area contributed by atoms with Gasteiger partial charge in [-0.3, -0.25) is 18.6 Å². The van der Waals surface area contributed by atoms with E-state index in [4.69, 9.17) is 0 Å². The summed E-state index contributed by atoms with van der Waals surface area (Å²) < 4.78 is 25.4. The summed E-state index contributed by atoms with van der Waals surface area (Å²) in [5.41, 5.74) is 0. The molecule has 2 atom stereocenters. The van der Waals surface area contributed by atoms with E-state index in [1.165, 1.54) is 0 Å². The molecule has 0 heterocycles. The highest BCUT2D eigenvalue weighted by Crippen LogP contribution is 2.42. The number of aliphatic hydroxyl groups is 1. The van der Waals surface area contributed by atoms with Crippen LogP contribution < -0.4 is 5.32 Å². The number of carbonyl (C=O) groups excluding carboxylic acids is 2. The van der Waals surface area contributed by atoms with Gasteiger partial charge in [-0.1, -0.05) is 20.3 Å². The normalized spacial score (nSPS) is 14.8. The summed E-state index contributed by atoms with van der Waals surface area (Å²) in [6.07, 6.45) is 1.00. The molecule has 0 aliphatic carbocycles. The summed E-state index contributed by atoms with van der Waals surface area (Å²) >= 11 is 0. The molecule has 0 saturated carbocycles. The van der Waals surface area contributed by atoms with Crippen LogP contribution in [0.2, 0.25) is 0 Å². The second-order valence-corrected chi connectivity index (χ2v) is 6.19. The van der Waals surface area contributed by atoms with Crippen molar-refractivity contribution in [3.8, 4) is 0 Å². The van der Waals surface area contributed by atoms with Gasteiger partial charge in [-0.05, 0) is 6.42 Å². The van der Waals surface area contributed by atoms with Crippen LogP contribution >= 0.6 is 7.82 Å². The zero-order valence-corrected chi connectivity index (χ0v) is 14.4. The van der Waals surface area contributed by atoms with Crippen molar-refractivity contribution in [1.29, 1.82) is 0 Å². The number of amides is 1. The van der Waals surface area contributed by atoms with Gasteiger partial charge < -0.3 is 20.1 Å². The molecule has 0 rings (SSSR count). The predicted molar refractivity (Wildman–Crippen MR) is 81.5 cm³/mol. The lowest BCUT2D eigenvalue weighted by Gasteiger charge is -2.15. The van der Waals surface area contributed by atoms with Gasteiger partial charge in [0.05, 0.1) is 13.2 Å². The number of hydrogen-bond acceptors (Lipinski definition) is 7. The van der Waals surface area contributed by atoms with Gasteiger partial charge in [0.15, 0.2) is 0 Å². The first-order valence-corrected chi connectivity index (χ1v) is 9.02. The quantitative estimate of drug-likeness (QED) is 0.250. The van der Waals surface area contributed by atoms with Gasteiger partial charge in [0.2, 0.25) is 5.91 Å². The summed E-state index contributed by atoms with van der Waals surface area (Å²) in [6, 6.07) is 0. The minimum Gasteiger partial charge on any atom is -0.463 e. The van der Waals surface area contributed by atoms with E-state index in [1.807, 2.05) is 6.92 Å². The van der Waals surface area contributed by atoms with E-state index in [-0.39, 0.29) is 32.1 Å². The molecule has 0 aromatic heterocycles. The Hall–Kier alpha value is -0.990. The third kappa shape index (κ3) is 13.2. The van der Waals surface area contributed by atoms with Gasteiger partial charge in [0.1, 0.15) is 12.7 Å². The summed E-state index contributed by atoms with van der Waals surface area (Å²) in [7, 11) is -4.33. The van der Waals surface area contributed by atoms with Crippen LogP contribution in [-0.2, 0) is 27.9 Å². The molecule has 0 aliphatic rings. The zero-order valence-electron chi connectivity index (χ0n) is 13.5. The number of phosphoric ester groups is 1. The van der Waals surface area contributed by atoms with Gasteiger partial charge in [-0.15, -0.1) is 0 Å². The van der Waals surface area contributed by atoms with Crippen LogP contribution in [-0.4, -0.2) is 54.3 Å². The van der Waals surface area contributed by atoms with Crippen molar-refractivity contribution in [1.82, 2.24) is 5.32 Å². The van der Waals surface area contributed by atoms with Gasteiger partial charge >= 0.3 is 13.8 Å². The first-order chi connectivity index (χ1) is 10.8. The number of ether oxygens (including phenoxy) is 1. The molecule has 9 nitrogen and oxygen atoms in total. The lowest BCUT2D eigenvalue weighted by molar-refractivity contribution is -0.146. The van der Waals surface area contributed by atoms with Crippen LogP contribution in [0.15, 0.2) is 0 Å².